The number of hydrazine groups is 1. The van der Waals surface area contributed by atoms with Crippen molar-refractivity contribution in [1.82, 2.24) is 10.9 Å². The van der Waals surface area contributed by atoms with Gasteiger partial charge in [-0.15, -0.1) is 0 Å². The van der Waals surface area contributed by atoms with Crippen LogP contribution in [0, 0.1) is 17.8 Å². The van der Waals surface area contributed by atoms with E-state index in [2.05, 4.69) is 10.9 Å². The number of phenolic OH excluding ortho intramolecular Hbond substituents is 1. The van der Waals surface area contributed by atoms with Gasteiger partial charge in [0.1, 0.15) is 10.5 Å². The number of sulfone groups is 1. The summed E-state index contributed by atoms with van der Waals surface area (Å²) in [7, 11) is -4.15. The predicted octanol–water partition coefficient (Wildman–Crippen LogP) is 3.27. The minimum absolute atomic E-state index is 0.0610. The first kappa shape index (κ1) is 32.3. The number of ether oxygens (including phenoxy) is 1. The van der Waals surface area contributed by atoms with E-state index < -0.39 is 44.5 Å². The van der Waals surface area contributed by atoms with Crippen LogP contribution in [-0.4, -0.2) is 49.2 Å². The van der Waals surface area contributed by atoms with Gasteiger partial charge < -0.3 is 9.84 Å². The second-order valence-corrected chi connectivity index (χ2v) is 13.2. The molecule has 0 radical (unpaired) electrons. The molecule has 10 nitrogen and oxygen atoms in total. The van der Waals surface area contributed by atoms with Crippen molar-refractivity contribution in [3.63, 3.8) is 0 Å². The minimum atomic E-state index is -4.15. The van der Waals surface area contributed by atoms with Crippen molar-refractivity contribution < 1.29 is 32.7 Å². The maximum Gasteiger partial charge on any atom is 0.249 e. The van der Waals surface area contributed by atoms with E-state index in [4.69, 9.17) is 15.4 Å². The van der Waals surface area contributed by atoms with Crippen LogP contribution in [0.5, 0.6) is 5.75 Å². The van der Waals surface area contributed by atoms with Crippen LogP contribution >= 0.6 is 0 Å². The number of benzene rings is 2. The number of aromatic hydroxyl groups is 1. The van der Waals surface area contributed by atoms with Crippen molar-refractivity contribution in [2.24, 2.45) is 23.6 Å². The first-order valence-corrected chi connectivity index (χ1v) is 15.7. The van der Waals surface area contributed by atoms with E-state index in [1.807, 2.05) is 32.0 Å². The lowest BCUT2D eigenvalue weighted by Gasteiger charge is -2.40. The lowest BCUT2D eigenvalue weighted by molar-refractivity contribution is -0.203. The SMILES string of the molecule is CC(C)C[C@@H](C(=O)NN)[C@@H](C(=O)NOC1CCCCO1)C(/C=C/c1ccccc1)(Cc1cccc(O)c1)S(C)(=O)=O. The van der Waals surface area contributed by atoms with Crippen molar-refractivity contribution in [3.05, 3.63) is 71.8 Å². The molecule has 2 aromatic rings. The lowest BCUT2D eigenvalue weighted by Crippen LogP contribution is -2.58. The summed E-state index contributed by atoms with van der Waals surface area (Å²) in [6.45, 7) is 4.21. The molecule has 4 atom stereocenters. The molecule has 1 aliphatic heterocycles. The molecule has 3 rings (SSSR count). The Morgan fingerprint density at radius 1 is 1.15 bits per heavy atom. The number of carbonyl (C=O) groups is 2. The highest BCUT2D eigenvalue weighted by atomic mass is 32.2. The molecule has 1 aliphatic rings. The summed E-state index contributed by atoms with van der Waals surface area (Å²) < 4.78 is 31.6. The molecule has 41 heavy (non-hydrogen) atoms. The van der Waals surface area contributed by atoms with Crippen LogP contribution in [-0.2, 0) is 35.4 Å². The van der Waals surface area contributed by atoms with E-state index in [-0.39, 0.29) is 24.5 Å². The molecule has 1 saturated heterocycles. The van der Waals surface area contributed by atoms with Gasteiger partial charge in [0.05, 0.1) is 11.8 Å². The Hall–Kier alpha value is -3.25. The van der Waals surface area contributed by atoms with E-state index in [9.17, 15) is 23.1 Å². The fraction of sp³-hybridized carbons (Fsp3) is 0.467. The van der Waals surface area contributed by atoms with Gasteiger partial charge in [-0.05, 0) is 54.9 Å². The molecular weight excluding hydrogens is 546 g/mol. The average molecular weight is 588 g/mol. The van der Waals surface area contributed by atoms with Crippen molar-refractivity contribution in [2.45, 2.75) is 57.0 Å². The largest absolute Gasteiger partial charge is 0.508 e. The Bertz CT molecular complexity index is 1290. The van der Waals surface area contributed by atoms with E-state index in [1.165, 1.54) is 18.2 Å². The number of nitrogens with one attached hydrogen (secondary N) is 2. The normalized spacial score (nSPS) is 18.9. The van der Waals surface area contributed by atoms with Crippen LogP contribution in [0.4, 0.5) is 0 Å². The highest BCUT2D eigenvalue weighted by molar-refractivity contribution is 7.92. The predicted molar refractivity (Wildman–Crippen MR) is 156 cm³/mol. The van der Waals surface area contributed by atoms with Gasteiger partial charge in [-0.1, -0.05) is 68.5 Å². The van der Waals surface area contributed by atoms with E-state index in [0.717, 1.165) is 19.1 Å². The zero-order valence-corrected chi connectivity index (χ0v) is 24.6. The molecule has 0 spiro atoms. The number of rotatable bonds is 13. The summed E-state index contributed by atoms with van der Waals surface area (Å²) in [5.41, 5.74) is 5.72. The van der Waals surface area contributed by atoms with Crippen molar-refractivity contribution in [1.29, 1.82) is 0 Å². The number of nitrogens with two attached hydrogens (primary N) is 1. The molecule has 0 saturated carbocycles. The maximum absolute atomic E-state index is 14.1. The van der Waals surface area contributed by atoms with Gasteiger partial charge in [-0.25, -0.2) is 24.6 Å². The van der Waals surface area contributed by atoms with E-state index in [0.29, 0.717) is 24.2 Å². The number of phenols is 1. The maximum atomic E-state index is 14.1. The molecule has 5 N–H and O–H groups in total. The van der Waals surface area contributed by atoms with Crippen molar-refractivity contribution in [2.75, 3.05) is 12.9 Å². The summed E-state index contributed by atoms with van der Waals surface area (Å²) in [6, 6.07) is 15.2. The molecule has 224 valence electrons. The number of hydrogen-bond donors (Lipinski definition) is 4. The van der Waals surface area contributed by atoms with Gasteiger partial charge in [0.2, 0.25) is 11.8 Å². The number of carbonyl (C=O) groups excluding carboxylic acids is 2. The molecule has 11 heteroatoms. The molecule has 0 aromatic heterocycles. The summed E-state index contributed by atoms with van der Waals surface area (Å²) in [5.74, 6) is 1.33. The summed E-state index contributed by atoms with van der Waals surface area (Å²) in [4.78, 5) is 33.0. The Labute approximate surface area is 242 Å². The Balaban J connectivity index is 2.24. The van der Waals surface area contributed by atoms with Crippen LogP contribution in [0.3, 0.4) is 0 Å². The highest BCUT2D eigenvalue weighted by Crippen LogP contribution is 2.41. The van der Waals surface area contributed by atoms with Gasteiger partial charge >= 0.3 is 0 Å². The molecule has 1 heterocycles. The second kappa shape index (κ2) is 14.6. The van der Waals surface area contributed by atoms with E-state index >= 15 is 0 Å². The Morgan fingerprint density at radius 3 is 2.46 bits per heavy atom. The van der Waals surface area contributed by atoms with Gasteiger partial charge in [0, 0.05) is 19.3 Å². The fourth-order valence-electron chi connectivity index (χ4n) is 5.29. The third-order valence-corrected chi connectivity index (χ3v) is 9.20. The topological polar surface area (TPSA) is 157 Å². The molecule has 1 fully saturated rings. The first-order valence-electron chi connectivity index (χ1n) is 13.8. The minimum Gasteiger partial charge on any atom is -0.508 e. The highest BCUT2D eigenvalue weighted by Gasteiger charge is 2.54. The van der Waals surface area contributed by atoms with Gasteiger partial charge in [0.15, 0.2) is 16.1 Å². The van der Waals surface area contributed by atoms with Crippen LogP contribution in [0.15, 0.2) is 60.7 Å². The third-order valence-electron chi connectivity index (χ3n) is 7.28. The Morgan fingerprint density at radius 2 is 1.88 bits per heavy atom. The van der Waals surface area contributed by atoms with Crippen LogP contribution < -0.4 is 16.7 Å². The molecule has 2 unspecified atom stereocenters. The molecule has 0 bridgehead atoms. The standard InChI is InChI=1S/C30H41N3O7S/c1-21(2)18-25(28(35)32-31)27(29(36)33-40-26-14-7-8-17-39-26)30(41(3,37)38,16-15-22-10-5-4-6-11-22)20-23-12-9-13-24(34)19-23/h4-6,9-13,15-16,19,21,25-27,34H,7-8,14,17-18,20,31H2,1-3H3,(H,32,35)(H,33,36)/b16-15+/t25-,26?,27+,30?/m1/s1. The number of amides is 2. The quantitative estimate of drug-likeness (QED) is 0.158. The monoisotopic (exact) mass is 587 g/mol. The summed E-state index contributed by atoms with van der Waals surface area (Å²) in [5, 5.41) is 10.2. The molecule has 2 aromatic carbocycles. The molecule has 2 amide bonds. The summed E-state index contributed by atoms with van der Waals surface area (Å²) in [6.07, 6.45) is 5.67. The van der Waals surface area contributed by atoms with Crippen molar-refractivity contribution in [3.8, 4) is 5.75 Å². The van der Waals surface area contributed by atoms with Gasteiger partial charge in [-0.3, -0.25) is 15.0 Å². The van der Waals surface area contributed by atoms with Gasteiger partial charge in [-0.2, -0.15) is 0 Å². The van der Waals surface area contributed by atoms with Crippen molar-refractivity contribution >= 4 is 27.7 Å². The Kier molecular flexibility index (Phi) is 11.5. The van der Waals surface area contributed by atoms with Crippen LogP contribution in [0.1, 0.15) is 50.7 Å². The summed E-state index contributed by atoms with van der Waals surface area (Å²) >= 11 is 0. The van der Waals surface area contributed by atoms with E-state index in [1.54, 1.807) is 30.3 Å². The second-order valence-electron chi connectivity index (χ2n) is 10.9. The zero-order valence-electron chi connectivity index (χ0n) is 23.8. The fourth-order valence-corrected chi connectivity index (χ4v) is 6.77. The average Bonchev–Trinajstić information content (AvgIpc) is 2.94. The van der Waals surface area contributed by atoms with Crippen LogP contribution in [0.25, 0.3) is 6.08 Å². The smallest absolute Gasteiger partial charge is 0.249 e. The molecular formula is C30H41N3O7S. The van der Waals surface area contributed by atoms with Gasteiger partial charge in [0.25, 0.3) is 0 Å². The number of hydroxylamine groups is 1. The third kappa shape index (κ3) is 8.62. The zero-order chi connectivity index (χ0) is 30.0. The lowest BCUT2D eigenvalue weighted by atomic mass is 9.73. The number of hydrogen-bond acceptors (Lipinski definition) is 8. The van der Waals surface area contributed by atoms with Crippen LogP contribution in [0.2, 0.25) is 0 Å². The molecule has 0 aliphatic carbocycles. The first-order chi connectivity index (χ1) is 19.5.